The molecule has 0 spiro atoms. The van der Waals surface area contributed by atoms with Crippen LogP contribution in [0.5, 0.6) is 0 Å². The normalized spacial score (nSPS) is 9.86. The third-order valence-electron chi connectivity index (χ3n) is 2.07. The molecule has 0 aromatic heterocycles. The smallest absolute Gasteiger partial charge is 0.216 e. The number of nitrogens with one attached hydrogen (secondary N) is 1. The maximum absolute atomic E-state index is 11.2. The third kappa shape index (κ3) is 9.23. The Bertz CT molecular complexity index is 178. The first-order valence-electron chi connectivity index (χ1n) is 5.43. The van der Waals surface area contributed by atoms with E-state index in [1.165, 1.54) is 6.92 Å². The first-order chi connectivity index (χ1) is 6.66. The second-order valence-corrected chi connectivity index (χ2v) is 3.58. The Morgan fingerprint density at radius 2 is 1.71 bits per heavy atom. The van der Waals surface area contributed by atoms with Crippen LogP contribution in [0.2, 0.25) is 0 Å². The van der Waals surface area contributed by atoms with E-state index in [1.54, 1.807) is 0 Å². The number of hydrogen-bond acceptors (Lipinski definition) is 2. The molecule has 0 bridgehead atoms. The number of rotatable bonds is 8. The van der Waals surface area contributed by atoms with Gasteiger partial charge in [0.2, 0.25) is 5.91 Å². The molecule has 0 rings (SSSR count). The molecule has 82 valence electrons. The Labute approximate surface area is 86.3 Å². The molecule has 0 aliphatic carbocycles. The maximum Gasteiger partial charge on any atom is 0.216 e. The Morgan fingerprint density at radius 1 is 1.07 bits per heavy atom. The van der Waals surface area contributed by atoms with Crippen molar-refractivity contribution in [1.29, 1.82) is 0 Å². The lowest BCUT2D eigenvalue weighted by Crippen LogP contribution is -2.20. The molecule has 0 saturated heterocycles. The average molecular weight is 199 g/mol. The van der Waals surface area contributed by atoms with Gasteiger partial charge in [0.15, 0.2) is 0 Å². The zero-order valence-electron chi connectivity index (χ0n) is 9.27. The van der Waals surface area contributed by atoms with Gasteiger partial charge in [0.25, 0.3) is 0 Å². The predicted octanol–water partition coefficient (Wildman–Crippen LogP) is 2.05. The highest BCUT2D eigenvalue weighted by atomic mass is 16.1. The quantitative estimate of drug-likeness (QED) is 0.608. The second kappa shape index (κ2) is 8.73. The van der Waals surface area contributed by atoms with E-state index in [9.17, 15) is 9.59 Å². The van der Waals surface area contributed by atoms with Crippen molar-refractivity contribution in [3.05, 3.63) is 0 Å². The summed E-state index contributed by atoms with van der Waals surface area (Å²) in [5.74, 6) is 0.358. The Kier molecular flexibility index (Phi) is 8.19. The molecule has 0 radical (unpaired) electrons. The molecule has 0 unspecified atom stereocenters. The van der Waals surface area contributed by atoms with Crippen LogP contribution in [-0.4, -0.2) is 18.2 Å². The van der Waals surface area contributed by atoms with Gasteiger partial charge in [-0.15, -0.1) is 0 Å². The zero-order valence-corrected chi connectivity index (χ0v) is 9.27. The predicted molar refractivity (Wildman–Crippen MR) is 57.1 cm³/mol. The van der Waals surface area contributed by atoms with E-state index in [0.717, 1.165) is 32.1 Å². The van der Waals surface area contributed by atoms with Crippen molar-refractivity contribution in [1.82, 2.24) is 5.32 Å². The summed E-state index contributed by atoms with van der Waals surface area (Å²) in [5, 5.41) is 2.71. The fourth-order valence-electron chi connectivity index (χ4n) is 1.21. The Hall–Kier alpha value is -0.860. The highest BCUT2D eigenvalue weighted by molar-refractivity contribution is 5.78. The van der Waals surface area contributed by atoms with Gasteiger partial charge in [-0.05, 0) is 19.3 Å². The van der Waals surface area contributed by atoms with Gasteiger partial charge in [-0.3, -0.25) is 9.59 Å². The highest BCUT2D eigenvalue weighted by Crippen LogP contribution is 2.02. The van der Waals surface area contributed by atoms with E-state index in [4.69, 9.17) is 0 Å². The third-order valence-corrected chi connectivity index (χ3v) is 2.07. The molecule has 3 heteroatoms. The number of carbonyl (C=O) groups is 2. The van der Waals surface area contributed by atoms with Crippen LogP contribution in [-0.2, 0) is 9.59 Å². The van der Waals surface area contributed by atoms with Crippen molar-refractivity contribution >= 4 is 11.7 Å². The van der Waals surface area contributed by atoms with Gasteiger partial charge in [-0.25, -0.2) is 0 Å². The monoisotopic (exact) mass is 199 g/mol. The molecule has 0 aromatic rings. The van der Waals surface area contributed by atoms with Crippen LogP contribution < -0.4 is 5.32 Å². The summed E-state index contributed by atoms with van der Waals surface area (Å²) in [7, 11) is 0. The fraction of sp³-hybridized carbons (Fsp3) is 0.818. The van der Waals surface area contributed by atoms with E-state index < -0.39 is 0 Å². The fourth-order valence-corrected chi connectivity index (χ4v) is 1.21. The lowest BCUT2D eigenvalue weighted by molar-refractivity contribution is -0.119. The molecule has 0 aromatic carbocycles. The molecule has 3 nitrogen and oxygen atoms in total. The van der Waals surface area contributed by atoms with Crippen molar-refractivity contribution in [2.75, 3.05) is 6.54 Å². The minimum atomic E-state index is 0.00214. The van der Waals surface area contributed by atoms with Gasteiger partial charge in [-0.2, -0.15) is 0 Å². The summed E-state index contributed by atoms with van der Waals surface area (Å²) in [5.41, 5.74) is 0. The van der Waals surface area contributed by atoms with Crippen molar-refractivity contribution in [2.45, 2.75) is 52.4 Å². The van der Waals surface area contributed by atoms with E-state index in [2.05, 4.69) is 12.2 Å². The molecule has 1 N–H and O–H groups in total. The molecular formula is C11H21NO2. The first kappa shape index (κ1) is 13.1. The molecule has 0 heterocycles. The molecule has 0 fully saturated rings. The van der Waals surface area contributed by atoms with Gasteiger partial charge >= 0.3 is 0 Å². The van der Waals surface area contributed by atoms with Crippen molar-refractivity contribution in [3.63, 3.8) is 0 Å². The molecule has 0 saturated carbocycles. The number of unbranched alkanes of at least 4 members (excludes halogenated alkanes) is 2. The number of hydrogen-bond donors (Lipinski definition) is 1. The largest absolute Gasteiger partial charge is 0.356 e. The SMILES string of the molecule is CCCCC(=O)CCCCNC(C)=O. The minimum absolute atomic E-state index is 0.00214. The van der Waals surface area contributed by atoms with Gasteiger partial charge < -0.3 is 5.32 Å². The Balaban J connectivity index is 3.19. The standard InChI is InChI=1S/C11H21NO2/c1-3-4-7-11(14)8-5-6-9-12-10(2)13/h3-9H2,1-2H3,(H,12,13). The van der Waals surface area contributed by atoms with E-state index in [0.29, 0.717) is 18.7 Å². The molecule has 0 atom stereocenters. The van der Waals surface area contributed by atoms with E-state index >= 15 is 0 Å². The molecule has 0 aliphatic rings. The van der Waals surface area contributed by atoms with Gasteiger partial charge in [0.1, 0.15) is 5.78 Å². The summed E-state index contributed by atoms with van der Waals surface area (Å²) in [4.78, 5) is 21.7. The summed E-state index contributed by atoms with van der Waals surface area (Å²) >= 11 is 0. The minimum Gasteiger partial charge on any atom is -0.356 e. The molecule has 0 aliphatic heterocycles. The van der Waals surface area contributed by atoms with Crippen LogP contribution in [0, 0.1) is 0 Å². The molecule has 1 amide bonds. The van der Waals surface area contributed by atoms with Crippen LogP contribution in [0.1, 0.15) is 52.4 Å². The van der Waals surface area contributed by atoms with Gasteiger partial charge in [0, 0.05) is 26.3 Å². The van der Waals surface area contributed by atoms with Crippen LogP contribution >= 0.6 is 0 Å². The summed E-state index contributed by atoms with van der Waals surface area (Å²) in [6.07, 6.45) is 5.26. The number of carbonyl (C=O) groups excluding carboxylic acids is 2. The zero-order chi connectivity index (χ0) is 10.8. The summed E-state index contributed by atoms with van der Waals surface area (Å²) in [6, 6.07) is 0. The van der Waals surface area contributed by atoms with Crippen molar-refractivity contribution in [2.24, 2.45) is 0 Å². The highest BCUT2D eigenvalue weighted by Gasteiger charge is 2.00. The van der Waals surface area contributed by atoms with E-state index in [-0.39, 0.29) is 5.91 Å². The Morgan fingerprint density at radius 3 is 2.29 bits per heavy atom. The van der Waals surface area contributed by atoms with Crippen LogP contribution in [0.25, 0.3) is 0 Å². The summed E-state index contributed by atoms with van der Waals surface area (Å²) < 4.78 is 0. The molecular weight excluding hydrogens is 178 g/mol. The van der Waals surface area contributed by atoms with Crippen molar-refractivity contribution in [3.8, 4) is 0 Å². The second-order valence-electron chi connectivity index (χ2n) is 3.58. The van der Waals surface area contributed by atoms with Crippen LogP contribution in [0.4, 0.5) is 0 Å². The summed E-state index contributed by atoms with van der Waals surface area (Å²) in [6.45, 7) is 4.28. The first-order valence-corrected chi connectivity index (χ1v) is 5.43. The number of ketones is 1. The number of amides is 1. The average Bonchev–Trinajstić information content (AvgIpc) is 2.13. The van der Waals surface area contributed by atoms with Crippen LogP contribution in [0.3, 0.4) is 0 Å². The van der Waals surface area contributed by atoms with Crippen molar-refractivity contribution < 1.29 is 9.59 Å². The topological polar surface area (TPSA) is 46.2 Å². The lowest BCUT2D eigenvalue weighted by atomic mass is 10.1. The lowest BCUT2D eigenvalue weighted by Gasteiger charge is -2.01. The van der Waals surface area contributed by atoms with Crippen LogP contribution in [0.15, 0.2) is 0 Å². The maximum atomic E-state index is 11.2. The van der Waals surface area contributed by atoms with E-state index in [1.807, 2.05) is 0 Å². The van der Waals surface area contributed by atoms with Gasteiger partial charge in [-0.1, -0.05) is 13.3 Å². The number of Topliss-reactive ketones (excluding diaryl/α,β-unsaturated/α-hetero) is 1. The van der Waals surface area contributed by atoms with Gasteiger partial charge in [0.05, 0.1) is 0 Å². The molecule has 14 heavy (non-hydrogen) atoms.